The molecule has 0 spiro atoms. The second-order valence-electron chi connectivity index (χ2n) is 8.55. The molecule has 1 aromatic carbocycles. The highest BCUT2D eigenvalue weighted by molar-refractivity contribution is 5.99. The first kappa shape index (κ1) is 21.3. The van der Waals surface area contributed by atoms with E-state index in [-0.39, 0.29) is 11.4 Å². The largest absolute Gasteiger partial charge is 0.382 e. The molecule has 1 radical (unpaired) electrons. The molecule has 32 heavy (non-hydrogen) atoms. The van der Waals surface area contributed by atoms with E-state index in [4.69, 9.17) is 5.73 Å². The van der Waals surface area contributed by atoms with Gasteiger partial charge < -0.3 is 11.1 Å². The average Bonchev–Trinajstić information content (AvgIpc) is 3.14. The zero-order valence-electron chi connectivity index (χ0n) is 18.4. The van der Waals surface area contributed by atoms with Crippen LogP contribution in [0.1, 0.15) is 31.9 Å². The summed E-state index contributed by atoms with van der Waals surface area (Å²) < 4.78 is 1.72. The molecule has 3 aromatic heterocycles. The fraction of sp³-hybridized carbons (Fsp3) is 0.208. The zero-order valence-corrected chi connectivity index (χ0v) is 18.4. The van der Waals surface area contributed by atoms with E-state index in [1.807, 2.05) is 42.6 Å². The van der Waals surface area contributed by atoms with Crippen LogP contribution in [0.2, 0.25) is 0 Å². The molecule has 4 aromatic rings. The van der Waals surface area contributed by atoms with Gasteiger partial charge >= 0.3 is 6.03 Å². The molecule has 0 unspecified atom stereocenters. The fourth-order valence-electron chi connectivity index (χ4n) is 3.56. The Kier molecular flexibility index (Phi) is 5.52. The second kappa shape index (κ2) is 8.30. The van der Waals surface area contributed by atoms with Crippen LogP contribution in [-0.4, -0.2) is 25.6 Å². The summed E-state index contributed by atoms with van der Waals surface area (Å²) in [4.78, 5) is 20.8. The Hall–Kier alpha value is -3.94. The third kappa shape index (κ3) is 4.25. The van der Waals surface area contributed by atoms with E-state index in [0.717, 1.165) is 27.8 Å². The Labute approximate surface area is 186 Å². The first-order chi connectivity index (χ1) is 15.3. The molecule has 163 valence electrons. The minimum atomic E-state index is -0.360. The first-order valence-electron chi connectivity index (χ1n) is 10.3. The summed E-state index contributed by atoms with van der Waals surface area (Å²) in [5.41, 5.74) is 11.5. The highest BCUT2D eigenvalue weighted by Gasteiger charge is 2.16. The van der Waals surface area contributed by atoms with E-state index in [9.17, 15) is 4.79 Å². The van der Waals surface area contributed by atoms with Gasteiger partial charge in [0.2, 0.25) is 0 Å². The van der Waals surface area contributed by atoms with Crippen molar-refractivity contribution in [1.82, 2.24) is 19.6 Å². The van der Waals surface area contributed by atoms with Gasteiger partial charge in [0.05, 0.1) is 0 Å². The highest BCUT2D eigenvalue weighted by atomic mass is 16.2. The zero-order chi connectivity index (χ0) is 22.9. The molecular weight excluding hydrogens is 402 g/mol. The molecule has 0 aliphatic heterocycles. The van der Waals surface area contributed by atoms with Crippen LogP contribution in [-0.2, 0) is 11.8 Å². The molecule has 0 aliphatic rings. The van der Waals surface area contributed by atoms with Crippen LogP contribution in [0.4, 0.5) is 22.1 Å². The van der Waals surface area contributed by atoms with Crippen molar-refractivity contribution in [2.24, 2.45) is 0 Å². The fourth-order valence-corrected chi connectivity index (χ4v) is 3.56. The van der Waals surface area contributed by atoms with Crippen LogP contribution >= 0.6 is 0 Å². The Balaban J connectivity index is 1.53. The van der Waals surface area contributed by atoms with Gasteiger partial charge in [-0.25, -0.2) is 19.3 Å². The molecule has 2 amide bonds. The lowest BCUT2D eigenvalue weighted by Crippen LogP contribution is -2.21. The van der Waals surface area contributed by atoms with E-state index < -0.39 is 0 Å². The number of hydrogen-bond donors (Lipinski definition) is 3. The number of nitrogens with one attached hydrogen (secondary N) is 2. The van der Waals surface area contributed by atoms with E-state index >= 15 is 0 Å². The monoisotopic (exact) mass is 428 g/mol. The highest BCUT2D eigenvalue weighted by Crippen LogP contribution is 2.33. The Morgan fingerprint density at radius 1 is 1.12 bits per heavy atom. The topological polar surface area (TPSA) is 110 Å². The number of anilines is 3. The molecule has 8 heteroatoms. The Morgan fingerprint density at radius 3 is 2.56 bits per heavy atom. The van der Waals surface area contributed by atoms with Crippen molar-refractivity contribution < 1.29 is 4.79 Å². The number of benzene rings is 1. The second-order valence-corrected chi connectivity index (χ2v) is 8.55. The number of hydrogen-bond acceptors (Lipinski definition) is 5. The number of carbonyl (C=O) groups excluding carboxylic acids is 1. The maximum absolute atomic E-state index is 12.5. The number of rotatable bonds is 4. The lowest BCUT2D eigenvalue weighted by Gasteiger charge is -2.19. The maximum Gasteiger partial charge on any atom is 0.324 e. The molecule has 0 fully saturated rings. The van der Waals surface area contributed by atoms with Crippen molar-refractivity contribution in [3.8, 4) is 11.1 Å². The van der Waals surface area contributed by atoms with E-state index in [2.05, 4.69) is 53.4 Å². The summed E-state index contributed by atoms with van der Waals surface area (Å²) in [5.74, 6) is 0.906. The molecule has 4 N–H and O–H groups in total. The van der Waals surface area contributed by atoms with Crippen LogP contribution in [0, 0.1) is 6.92 Å². The lowest BCUT2D eigenvalue weighted by molar-refractivity contribution is 0.262. The quantitative estimate of drug-likeness (QED) is 0.437. The molecule has 8 nitrogen and oxygen atoms in total. The van der Waals surface area contributed by atoms with Gasteiger partial charge in [-0.15, -0.1) is 0 Å². The van der Waals surface area contributed by atoms with Gasteiger partial charge in [-0.3, -0.25) is 5.32 Å². The van der Waals surface area contributed by atoms with Crippen molar-refractivity contribution in [2.75, 3.05) is 16.4 Å². The maximum atomic E-state index is 12.5. The summed E-state index contributed by atoms with van der Waals surface area (Å²) in [7, 11) is 0. The van der Waals surface area contributed by atoms with Gasteiger partial charge in [0.25, 0.3) is 0 Å². The number of carbonyl (C=O) groups is 1. The molecule has 0 saturated carbocycles. The SMILES string of the molecule is [CH2]Cc1cn2ncnc(N)c2c1-c1ccc(NC(=O)Nc2cc(C(C)(C)C)ccn2)cc1. The van der Waals surface area contributed by atoms with Gasteiger partial charge in [-0.1, -0.05) is 32.9 Å². The van der Waals surface area contributed by atoms with Crippen LogP contribution in [0.25, 0.3) is 16.6 Å². The molecule has 0 bridgehead atoms. The van der Waals surface area contributed by atoms with Crippen molar-refractivity contribution >= 4 is 28.9 Å². The molecule has 4 rings (SSSR count). The number of nitrogen functional groups attached to an aromatic ring is 1. The minimum absolute atomic E-state index is 0.0315. The van der Waals surface area contributed by atoms with E-state index in [1.165, 1.54) is 6.33 Å². The van der Waals surface area contributed by atoms with Crippen LogP contribution in [0.5, 0.6) is 0 Å². The predicted octanol–water partition coefficient (Wildman–Crippen LogP) is 4.69. The molecular formula is C24H26N7O. The van der Waals surface area contributed by atoms with Crippen LogP contribution in [0.15, 0.2) is 55.1 Å². The van der Waals surface area contributed by atoms with E-state index in [1.54, 1.807) is 10.7 Å². The number of nitrogens with two attached hydrogens (primary N) is 1. The molecule has 3 heterocycles. The summed E-state index contributed by atoms with van der Waals surface area (Å²) in [6, 6.07) is 11.0. The van der Waals surface area contributed by atoms with Crippen molar-refractivity contribution in [3.05, 3.63) is 73.2 Å². The van der Waals surface area contributed by atoms with Gasteiger partial charge in [0, 0.05) is 23.6 Å². The number of nitrogens with zero attached hydrogens (tertiary/aromatic N) is 4. The number of pyridine rings is 1. The van der Waals surface area contributed by atoms with Crippen LogP contribution < -0.4 is 16.4 Å². The first-order valence-corrected chi connectivity index (χ1v) is 10.3. The third-order valence-electron chi connectivity index (χ3n) is 5.25. The third-order valence-corrected chi connectivity index (χ3v) is 5.25. The summed E-state index contributed by atoms with van der Waals surface area (Å²) in [5, 5.41) is 9.87. The van der Waals surface area contributed by atoms with Gasteiger partial charge in [0.1, 0.15) is 17.7 Å². The number of fused-ring (bicyclic) bond motifs is 1. The van der Waals surface area contributed by atoms with Gasteiger partial charge in [-0.2, -0.15) is 5.10 Å². The standard InChI is InChI=1S/C24H26N7O/c1-5-15-13-31-21(22(25)27-14-28-31)20(15)16-6-8-18(9-7-16)29-23(32)30-19-12-17(10-11-26-19)24(2,3)4/h6-14H,1,5H2,2-4H3,(H2,25,27,28)(H2,26,29,30,32). The molecule has 0 saturated heterocycles. The van der Waals surface area contributed by atoms with E-state index in [0.29, 0.717) is 23.7 Å². The summed E-state index contributed by atoms with van der Waals surface area (Å²) in [6.07, 6.45) is 5.62. The number of amides is 2. The molecule has 0 aliphatic carbocycles. The van der Waals surface area contributed by atoms with Crippen molar-refractivity contribution in [2.45, 2.75) is 32.6 Å². The van der Waals surface area contributed by atoms with Crippen LogP contribution in [0.3, 0.4) is 0 Å². The van der Waals surface area contributed by atoms with Gasteiger partial charge in [0.15, 0.2) is 5.82 Å². The minimum Gasteiger partial charge on any atom is -0.382 e. The normalized spacial score (nSPS) is 11.5. The Bertz CT molecular complexity index is 1270. The number of urea groups is 1. The smallest absolute Gasteiger partial charge is 0.324 e. The van der Waals surface area contributed by atoms with Crippen molar-refractivity contribution in [1.29, 1.82) is 0 Å². The average molecular weight is 429 g/mol. The predicted molar refractivity (Wildman–Crippen MR) is 127 cm³/mol. The Morgan fingerprint density at radius 2 is 1.88 bits per heavy atom. The molecule has 0 atom stereocenters. The summed E-state index contributed by atoms with van der Waals surface area (Å²) in [6.45, 7) is 10.4. The van der Waals surface area contributed by atoms with Gasteiger partial charge in [-0.05, 0) is 59.7 Å². The van der Waals surface area contributed by atoms with Crippen molar-refractivity contribution in [3.63, 3.8) is 0 Å². The number of aromatic nitrogens is 4. The summed E-state index contributed by atoms with van der Waals surface area (Å²) >= 11 is 0. The lowest BCUT2D eigenvalue weighted by atomic mass is 9.88.